The molecule has 2 aliphatic rings. The number of esters is 1. The third kappa shape index (κ3) is 2.10. The van der Waals surface area contributed by atoms with Gasteiger partial charge in [-0.1, -0.05) is 41.0 Å². The Hall–Kier alpha value is -0.860. The summed E-state index contributed by atoms with van der Waals surface area (Å²) in [5.41, 5.74) is 1.73. The Bertz CT molecular complexity index is 427. The lowest BCUT2D eigenvalue weighted by Crippen LogP contribution is -2.35. The molecule has 2 saturated carbocycles. The largest absolute Gasteiger partial charge is 0.467 e. The monoisotopic (exact) mass is 279 g/mol. The van der Waals surface area contributed by atoms with Crippen LogP contribution in [0, 0.1) is 22.7 Å². The molecule has 0 heterocycles. The summed E-state index contributed by atoms with van der Waals surface area (Å²) < 4.78 is 4.96. The number of fused-ring (bicyclic) bond motifs is 2. The minimum Gasteiger partial charge on any atom is -0.467 e. The predicted molar refractivity (Wildman–Crippen MR) is 81.9 cm³/mol. The van der Waals surface area contributed by atoms with Crippen LogP contribution in [0.2, 0.25) is 0 Å². The van der Waals surface area contributed by atoms with E-state index in [2.05, 4.69) is 34.6 Å². The smallest absolute Gasteiger partial charge is 0.330 e. The standard InChI is InChI=1S/C17H29NO2/c1-7-11(2)14(15(19)20-6)18-13-10-12-8-9-17(13,5)16(12,3)4/h11-12,14H,7-10H2,1-6H3/t11-,12+,14-,17-/m0/s1. The van der Waals surface area contributed by atoms with Crippen LogP contribution in [-0.2, 0) is 9.53 Å². The second-order valence-electron chi connectivity index (χ2n) is 7.42. The summed E-state index contributed by atoms with van der Waals surface area (Å²) in [6, 6.07) is -0.327. The van der Waals surface area contributed by atoms with Crippen molar-refractivity contribution in [2.75, 3.05) is 7.11 Å². The quantitative estimate of drug-likeness (QED) is 0.733. The number of aliphatic imine (C=N–C) groups is 1. The first-order valence-electron chi connectivity index (χ1n) is 7.93. The second-order valence-corrected chi connectivity index (χ2v) is 7.42. The van der Waals surface area contributed by atoms with Crippen LogP contribution in [0.4, 0.5) is 0 Å². The van der Waals surface area contributed by atoms with E-state index in [1.54, 1.807) is 0 Å². The first-order valence-corrected chi connectivity index (χ1v) is 7.93. The molecule has 0 saturated heterocycles. The molecular formula is C17H29NO2. The van der Waals surface area contributed by atoms with E-state index >= 15 is 0 Å². The molecule has 114 valence electrons. The van der Waals surface area contributed by atoms with Gasteiger partial charge in [-0.25, -0.2) is 4.79 Å². The van der Waals surface area contributed by atoms with Crippen molar-refractivity contribution in [3.05, 3.63) is 0 Å². The molecule has 0 radical (unpaired) electrons. The molecule has 0 spiro atoms. The summed E-state index contributed by atoms with van der Waals surface area (Å²) in [6.45, 7) is 11.3. The van der Waals surface area contributed by atoms with Crippen LogP contribution in [-0.4, -0.2) is 24.8 Å². The number of hydrogen-bond acceptors (Lipinski definition) is 3. The molecule has 0 unspecified atom stereocenters. The highest BCUT2D eigenvalue weighted by molar-refractivity contribution is 5.96. The first-order chi connectivity index (χ1) is 9.27. The van der Waals surface area contributed by atoms with Crippen LogP contribution < -0.4 is 0 Å². The van der Waals surface area contributed by atoms with Crippen molar-refractivity contribution in [3.8, 4) is 0 Å². The summed E-state index contributed by atoms with van der Waals surface area (Å²) >= 11 is 0. The molecule has 3 nitrogen and oxygen atoms in total. The fourth-order valence-corrected chi connectivity index (χ4v) is 4.05. The molecule has 0 amide bonds. The highest BCUT2D eigenvalue weighted by Crippen LogP contribution is 2.64. The van der Waals surface area contributed by atoms with E-state index in [4.69, 9.17) is 9.73 Å². The van der Waals surface area contributed by atoms with E-state index in [9.17, 15) is 4.79 Å². The van der Waals surface area contributed by atoms with Gasteiger partial charge in [-0.2, -0.15) is 0 Å². The molecule has 2 fully saturated rings. The highest BCUT2D eigenvalue weighted by atomic mass is 16.5. The normalized spacial score (nSPS) is 36.1. The molecule has 0 aliphatic heterocycles. The molecule has 0 aromatic heterocycles. The number of rotatable bonds is 4. The van der Waals surface area contributed by atoms with Gasteiger partial charge in [0, 0.05) is 11.1 Å². The Kier molecular flexibility index (Phi) is 4.01. The van der Waals surface area contributed by atoms with Crippen molar-refractivity contribution in [2.24, 2.45) is 27.7 Å². The van der Waals surface area contributed by atoms with E-state index in [1.807, 2.05) is 0 Å². The molecule has 0 aromatic carbocycles. The van der Waals surface area contributed by atoms with Gasteiger partial charge in [0.15, 0.2) is 0 Å². The molecular weight excluding hydrogens is 250 g/mol. The summed E-state index contributed by atoms with van der Waals surface area (Å²) in [5, 5.41) is 0. The van der Waals surface area contributed by atoms with E-state index in [0.717, 1.165) is 18.8 Å². The zero-order chi connectivity index (χ0) is 15.1. The number of nitrogens with zero attached hydrogens (tertiary/aromatic N) is 1. The van der Waals surface area contributed by atoms with E-state index in [-0.39, 0.29) is 23.3 Å². The van der Waals surface area contributed by atoms with Gasteiger partial charge >= 0.3 is 5.97 Å². The van der Waals surface area contributed by atoms with Gasteiger partial charge in [0.25, 0.3) is 0 Å². The fraction of sp³-hybridized carbons (Fsp3) is 0.882. The molecule has 2 bridgehead atoms. The maximum absolute atomic E-state index is 12.0. The van der Waals surface area contributed by atoms with Gasteiger partial charge in [-0.3, -0.25) is 4.99 Å². The number of methoxy groups -OCH3 is 1. The fourth-order valence-electron chi connectivity index (χ4n) is 4.05. The molecule has 2 rings (SSSR count). The topological polar surface area (TPSA) is 38.7 Å². The van der Waals surface area contributed by atoms with E-state index in [0.29, 0.717) is 5.41 Å². The summed E-state index contributed by atoms with van der Waals surface area (Å²) in [5.74, 6) is 0.776. The number of ether oxygens (including phenoxy) is 1. The lowest BCUT2D eigenvalue weighted by atomic mass is 9.70. The maximum Gasteiger partial charge on any atom is 0.330 e. The molecule has 4 atom stereocenters. The predicted octanol–water partition coefficient (Wildman–Crippen LogP) is 3.86. The molecule has 3 heteroatoms. The Morgan fingerprint density at radius 1 is 1.45 bits per heavy atom. The van der Waals surface area contributed by atoms with Gasteiger partial charge < -0.3 is 4.74 Å². The van der Waals surface area contributed by atoms with Crippen molar-refractivity contribution >= 4 is 11.7 Å². The van der Waals surface area contributed by atoms with Crippen LogP contribution >= 0.6 is 0 Å². The summed E-state index contributed by atoms with van der Waals surface area (Å²) in [7, 11) is 1.46. The van der Waals surface area contributed by atoms with Crippen LogP contribution in [0.1, 0.15) is 60.3 Å². The Morgan fingerprint density at radius 3 is 2.50 bits per heavy atom. The van der Waals surface area contributed by atoms with Crippen LogP contribution in [0.3, 0.4) is 0 Å². The van der Waals surface area contributed by atoms with Crippen molar-refractivity contribution in [3.63, 3.8) is 0 Å². The van der Waals surface area contributed by atoms with Crippen molar-refractivity contribution in [1.82, 2.24) is 0 Å². The van der Waals surface area contributed by atoms with Crippen molar-refractivity contribution < 1.29 is 9.53 Å². The number of hydrogen-bond donors (Lipinski definition) is 0. The highest BCUT2D eigenvalue weighted by Gasteiger charge is 2.60. The Labute approximate surface area is 123 Å². The van der Waals surface area contributed by atoms with Crippen LogP contribution in [0.25, 0.3) is 0 Å². The van der Waals surface area contributed by atoms with Gasteiger partial charge in [0.2, 0.25) is 0 Å². The van der Waals surface area contributed by atoms with Gasteiger partial charge in [-0.15, -0.1) is 0 Å². The minimum absolute atomic E-state index is 0.164. The lowest BCUT2D eigenvalue weighted by Gasteiger charge is -2.35. The van der Waals surface area contributed by atoms with Gasteiger partial charge in [0.05, 0.1) is 7.11 Å². The molecule has 0 N–H and O–H groups in total. The average Bonchev–Trinajstić information content (AvgIpc) is 2.75. The second kappa shape index (κ2) is 5.16. The van der Waals surface area contributed by atoms with Gasteiger partial charge in [0.1, 0.15) is 6.04 Å². The van der Waals surface area contributed by atoms with Crippen LogP contribution in [0.5, 0.6) is 0 Å². The number of carbonyl (C=O) groups is 1. The maximum atomic E-state index is 12.0. The lowest BCUT2D eigenvalue weighted by molar-refractivity contribution is -0.143. The van der Waals surface area contributed by atoms with E-state index in [1.165, 1.54) is 25.7 Å². The number of carbonyl (C=O) groups excluding carboxylic acids is 1. The zero-order valence-corrected chi connectivity index (χ0v) is 13.8. The molecule has 20 heavy (non-hydrogen) atoms. The summed E-state index contributed by atoms with van der Waals surface area (Å²) in [6.07, 6.45) is 4.51. The van der Waals surface area contributed by atoms with Crippen molar-refractivity contribution in [2.45, 2.75) is 66.3 Å². The minimum atomic E-state index is -0.327. The Balaban J connectivity index is 2.32. The zero-order valence-electron chi connectivity index (χ0n) is 13.8. The third-order valence-corrected chi connectivity index (χ3v) is 6.43. The summed E-state index contributed by atoms with van der Waals surface area (Å²) in [4.78, 5) is 17.0. The Morgan fingerprint density at radius 2 is 2.10 bits per heavy atom. The van der Waals surface area contributed by atoms with E-state index < -0.39 is 0 Å². The molecule has 0 aromatic rings. The van der Waals surface area contributed by atoms with Crippen molar-refractivity contribution in [1.29, 1.82) is 0 Å². The molecule has 2 aliphatic carbocycles. The third-order valence-electron chi connectivity index (χ3n) is 6.43. The van der Waals surface area contributed by atoms with Crippen LogP contribution in [0.15, 0.2) is 4.99 Å². The first kappa shape index (κ1) is 15.5. The SMILES string of the molecule is CC[C@H](C)[C@H](N=C1C[C@H]2CC[C@]1(C)C2(C)C)C(=O)OC. The van der Waals surface area contributed by atoms with Gasteiger partial charge in [-0.05, 0) is 36.5 Å². The average molecular weight is 279 g/mol.